The molecule has 1 fully saturated rings. The van der Waals surface area contributed by atoms with E-state index in [1.54, 1.807) is 0 Å². The summed E-state index contributed by atoms with van der Waals surface area (Å²) < 4.78 is 11.8. The molecule has 1 N–H and O–H groups in total. The second-order valence-electron chi connectivity index (χ2n) is 3.49. The van der Waals surface area contributed by atoms with Crippen LogP contribution in [0.4, 0.5) is 0 Å². The predicted octanol–water partition coefficient (Wildman–Crippen LogP) is 2.31. The van der Waals surface area contributed by atoms with E-state index in [4.69, 9.17) is 9.15 Å². The fraction of sp³-hybridized carbons (Fsp3) is 0.600. The standard InChI is InChI=1S/C10H14BrNO2/c11-10-4-3-9(14-10)7-13-8-2-1-5-12-6-8/h3-4,8,12H,1-2,5-7H2. The van der Waals surface area contributed by atoms with Gasteiger partial charge in [0.25, 0.3) is 0 Å². The monoisotopic (exact) mass is 259 g/mol. The van der Waals surface area contributed by atoms with Gasteiger partial charge in [-0.25, -0.2) is 0 Å². The highest BCUT2D eigenvalue weighted by Gasteiger charge is 2.13. The molecule has 0 bridgehead atoms. The number of hydrogen-bond donors (Lipinski definition) is 1. The van der Waals surface area contributed by atoms with Crippen LogP contribution in [0.5, 0.6) is 0 Å². The Hall–Kier alpha value is -0.320. The molecule has 0 radical (unpaired) electrons. The molecule has 2 rings (SSSR count). The van der Waals surface area contributed by atoms with Gasteiger partial charge in [0.05, 0.1) is 6.10 Å². The first-order valence-corrected chi connectivity index (χ1v) is 5.70. The maximum absolute atomic E-state index is 5.71. The number of piperidine rings is 1. The molecule has 0 saturated carbocycles. The Labute approximate surface area is 91.9 Å². The molecule has 4 heteroatoms. The molecule has 1 aliphatic rings. The van der Waals surface area contributed by atoms with E-state index in [9.17, 15) is 0 Å². The van der Waals surface area contributed by atoms with Crippen LogP contribution in [0.3, 0.4) is 0 Å². The summed E-state index contributed by atoms with van der Waals surface area (Å²) in [5, 5.41) is 3.31. The summed E-state index contributed by atoms with van der Waals surface area (Å²) in [5.41, 5.74) is 0. The summed E-state index contributed by atoms with van der Waals surface area (Å²) in [6, 6.07) is 3.82. The molecule has 0 aromatic carbocycles. The van der Waals surface area contributed by atoms with Crippen LogP contribution >= 0.6 is 15.9 Å². The molecular formula is C10H14BrNO2. The maximum Gasteiger partial charge on any atom is 0.169 e. The summed E-state index contributed by atoms with van der Waals surface area (Å²) in [4.78, 5) is 0. The molecule has 1 aromatic rings. The van der Waals surface area contributed by atoms with Crippen LogP contribution < -0.4 is 5.32 Å². The van der Waals surface area contributed by atoms with E-state index >= 15 is 0 Å². The van der Waals surface area contributed by atoms with Crippen LogP contribution in [0, 0.1) is 0 Å². The molecule has 1 unspecified atom stereocenters. The number of furan rings is 1. The Morgan fingerprint density at radius 1 is 1.57 bits per heavy atom. The Morgan fingerprint density at radius 3 is 3.14 bits per heavy atom. The van der Waals surface area contributed by atoms with Crippen LogP contribution in [-0.4, -0.2) is 19.2 Å². The minimum Gasteiger partial charge on any atom is -0.452 e. The van der Waals surface area contributed by atoms with Gasteiger partial charge in [-0.3, -0.25) is 0 Å². The third-order valence-electron chi connectivity index (χ3n) is 2.34. The fourth-order valence-corrected chi connectivity index (χ4v) is 1.93. The van der Waals surface area contributed by atoms with Crippen LogP contribution in [0.2, 0.25) is 0 Å². The lowest BCUT2D eigenvalue weighted by molar-refractivity contribution is 0.0165. The quantitative estimate of drug-likeness (QED) is 0.905. The van der Waals surface area contributed by atoms with Crippen molar-refractivity contribution >= 4 is 15.9 Å². The highest BCUT2D eigenvalue weighted by Crippen LogP contribution is 2.16. The van der Waals surface area contributed by atoms with Gasteiger partial charge in [0.15, 0.2) is 4.67 Å². The van der Waals surface area contributed by atoms with E-state index in [0.717, 1.165) is 29.9 Å². The first-order valence-electron chi connectivity index (χ1n) is 4.91. The Kier molecular flexibility index (Phi) is 3.61. The number of rotatable bonds is 3. The van der Waals surface area contributed by atoms with Crippen molar-refractivity contribution in [3.05, 3.63) is 22.6 Å². The number of ether oxygens (including phenoxy) is 1. The zero-order valence-electron chi connectivity index (χ0n) is 7.96. The van der Waals surface area contributed by atoms with Crippen LogP contribution in [-0.2, 0) is 11.3 Å². The summed E-state index contributed by atoms with van der Waals surface area (Å²) in [6.07, 6.45) is 2.69. The second-order valence-corrected chi connectivity index (χ2v) is 4.27. The molecule has 0 amide bonds. The maximum atomic E-state index is 5.71. The van der Waals surface area contributed by atoms with E-state index in [1.165, 1.54) is 6.42 Å². The van der Waals surface area contributed by atoms with Gasteiger partial charge in [-0.2, -0.15) is 0 Å². The first-order chi connectivity index (χ1) is 6.84. The molecule has 1 saturated heterocycles. The molecule has 3 nitrogen and oxygen atoms in total. The van der Waals surface area contributed by atoms with Gasteiger partial charge in [0.2, 0.25) is 0 Å². The zero-order valence-corrected chi connectivity index (χ0v) is 9.55. The van der Waals surface area contributed by atoms with Crippen molar-refractivity contribution in [2.24, 2.45) is 0 Å². The predicted molar refractivity (Wildman–Crippen MR) is 57.1 cm³/mol. The number of hydrogen-bond acceptors (Lipinski definition) is 3. The van der Waals surface area contributed by atoms with Crippen molar-refractivity contribution in [2.45, 2.75) is 25.6 Å². The van der Waals surface area contributed by atoms with E-state index in [2.05, 4.69) is 21.2 Å². The summed E-state index contributed by atoms with van der Waals surface area (Å²) in [5.74, 6) is 0.877. The van der Waals surface area contributed by atoms with Crippen LogP contribution in [0.15, 0.2) is 21.2 Å². The topological polar surface area (TPSA) is 34.4 Å². The van der Waals surface area contributed by atoms with E-state index in [-0.39, 0.29) is 0 Å². The van der Waals surface area contributed by atoms with Crippen molar-refractivity contribution < 1.29 is 9.15 Å². The highest BCUT2D eigenvalue weighted by atomic mass is 79.9. The highest BCUT2D eigenvalue weighted by molar-refractivity contribution is 9.10. The van der Waals surface area contributed by atoms with Crippen LogP contribution in [0.1, 0.15) is 18.6 Å². The Balaban J connectivity index is 1.76. The summed E-state index contributed by atoms with van der Waals surface area (Å²) in [7, 11) is 0. The normalized spacial score (nSPS) is 22.5. The second kappa shape index (κ2) is 4.96. The van der Waals surface area contributed by atoms with Crippen molar-refractivity contribution in [2.75, 3.05) is 13.1 Å². The Morgan fingerprint density at radius 2 is 2.50 bits per heavy atom. The van der Waals surface area contributed by atoms with Gasteiger partial charge in [-0.1, -0.05) is 0 Å². The molecule has 0 spiro atoms. The number of halogens is 1. The average molecular weight is 260 g/mol. The largest absolute Gasteiger partial charge is 0.452 e. The van der Waals surface area contributed by atoms with Crippen LogP contribution in [0.25, 0.3) is 0 Å². The van der Waals surface area contributed by atoms with E-state index < -0.39 is 0 Å². The molecular weight excluding hydrogens is 246 g/mol. The SMILES string of the molecule is Brc1ccc(COC2CCCNC2)o1. The molecule has 1 atom stereocenters. The van der Waals surface area contributed by atoms with Crippen molar-refractivity contribution in [3.8, 4) is 0 Å². The van der Waals surface area contributed by atoms with Gasteiger partial charge >= 0.3 is 0 Å². The third kappa shape index (κ3) is 2.83. The van der Waals surface area contributed by atoms with Crippen molar-refractivity contribution in [1.29, 1.82) is 0 Å². The van der Waals surface area contributed by atoms with E-state index in [0.29, 0.717) is 12.7 Å². The molecule has 14 heavy (non-hydrogen) atoms. The molecule has 1 aliphatic heterocycles. The third-order valence-corrected chi connectivity index (χ3v) is 2.77. The smallest absolute Gasteiger partial charge is 0.169 e. The molecule has 78 valence electrons. The molecule has 0 aliphatic carbocycles. The summed E-state index contributed by atoms with van der Waals surface area (Å²) >= 11 is 3.26. The fourth-order valence-electron chi connectivity index (χ4n) is 1.59. The minimum absolute atomic E-state index is 0.340. The van der Waals surface area contributed by atoms with E-state index in [1.807, 2.05) is 12.1 Å². The summed E-state index contributed by atoms with van der Waals surface area (Å²) in [6.45, 7) is 2.64. The zero-order chi connectivity index (χ0) is 9.80. The molecule has 1 aromatic heterocycles. The van der Waals surface area contributed by atoms with Gasteiger partial charge in [-0.15, -0.1) is 0 Å². The van der Waals surface area contributed by atoms with Gasteiger partial charge in [0.1, 0.15) is 12.4 Å². The Bertz CT molecular complexity index is 281. The van der Waals surface area contributed by atoms with Crippen molar-refractivity contribution in [1.82, 2.24) is 5.32 Å². The minimum atomic E-state index is 0.340. The lowest BCUT2D eigenvalue weighted by atomic mass is 10.1. The number of nitrogens with one attached hydrogen (secondary N) is 1. The lowest BCUT2D eigenvalue weighted by Gasteiger charge is -2.22. The first kappa shape index (κ1) is 10.2. The average Bonchev–Trinajstić information content (AvgIpc) is 2.63. The lowest BCUT2D eigenvalue weighted by Crippen LogP contribution is -2.35. The van der Waals surface area contributed by atoms with Gasteiger partial charge in [-0.05, 0) is 47.4 Å². The molecule has 2 heterocycles. The van der Waals surface area contributed by atoms with Crippen molar-refractivity contribution in [3.63, 3.8) is 0 Å². The van der Waals surface area contributed by atoms with Gasteiger partial charge in [0, 0.05) is 6.54 Å². The van der Waals surface area contributed by atoms with Gasteiger partial charge < -0.3 is 14.5 Å².